The zero-order valence-corrected chi connectivity index (χ0v) is 20.5. The van der Waals surface area contributed by atoms with Crippen LogP contribution in [0.25, 0.3) is 22.2 Å². The highest BCUT2D eigenvalue weighted by Crippen LogP contribution is 2.35. The Balaban J connectivity index is 1.84. The first-order valence-corrected chi connectivity index (χ1v) is 11.7. The summed E-state index contributed by atoms with van der Waals surface area (Å²) in [6.45, 7) is 3.82. The lowest BCUT2D eigenvalue weighted by atomic mass is 10.1. The van der Waals surface area contributed by atoms with Crippen molar-refractivity contribution in [3.63, 3.8) is 0 Å². The van der Waals surface area contributed by atoms with Gasteiger partial charge in [0.25, 0.3) is 5.56 Å². The molecule has 7 nitrogen and oxygen atoms in total. The van der Waals surface area contributed by atoms with Gasteiger partial charge in [0, 0.05) is 31.5 Å². The molecule has 0 bridgehead atoms. The third kappa shape index (κ3) is 5.17. The highest BCUT2D eigenvalue weighted by atomic mass is 35.5. The van der Waals surface area contributed by atoms with Crippen molar-refractivity contribution >= 4 is 51.7 Å². The van der Waals surface area contributed by atoms with E-state index in [1.807, 2.05) is 30.3 Å². The second-order valence-electron chi connectivity index (χ2n) is 7.68. The van der Waals surface area contributed by atoms with Crippen molar-refractivity contribution in [2.45, 2.75) is 13.3 Å². The van der Waals surface area contributed by atoms with Crippen LogP contribution in [0.15, 0.2) is 59.4 Å². The van der Waals surface area contributed by atoms with E-state index < -0.39 is 0 Å². The predicted molar refractivity (Wildman–Crippen MR) is 140 cm³/mol. The number of aryl methyl sites for hydroxylation is 1. The van der Waals surface area contributed by atoms with E-state index in [0.717, 1.165) is 12.1 Å². The molecular weight excluding hydrogens is 473 g/mol. The van der Waals surface area contributed by atoms with E-state index in [-0.39, 0.29) is 5.56 Å². The van der Waals surface area contributed by atoms with Gasteiger partial charge in [-0.2, -0.15) is 9.97 Å². The molecule has 0 aliphatic rings. The van der Waals surface area contributed by atoms with Crippen molar-refractivity contribution in [1.29, 1.82) is 0 Å². The minimum Gasteiger partial charge on any atom is -0.380 e. The number of aromatic nitrogens is 3. The fraction of sp³-hybridized carbons (Fsp3) is 0.240. The van der Waals surface area contributed by atoms with Crippen LogP contribution in [0, 0.1) is 0 Å². The van der Waals surface area contributed by atoms with Gasteiger partial charge < -0.3 is 15.4 Å². The molecule has 2 N–H and O–H groups in total. The summed E-state index contributed by atoms with van der Waals surface area (Å²) >= 11 is 12.8. The first-order chi connectivity index (χ1) is 16.5. The molecule has 2 aromatic heterocycles. The summed E-state index contributed by atoms with van der Waals surface area (Å²) in [7, 11) is 1.67. The molecular formula is C25H25Cl2N5O2. The molecule has 0 spiro atoms. The lowest BCUT2D eigenvalue weighted by Gasteiger charge is -2.16. The van der Waals surface area contributed by atoms with Gasteiger partial charge in [-0.25, -0.2) is 0 Å². The van der Waals surface area contributed by atoms with Gasteiger partial charge in [0.05, 0.1) is 27.6 Å². The van der Waals surface area contributed by atoms with Gasteiger partial charge in [-0.3, -0.25) is 9.36 Å². The van der Waals surface area contributed by atoms with E-state index in [2.05, 4.69) is 22.5 Å². The van der Waals surface area contributed by atoms with Crippen LogP contribution in [-0.2, 0) is 11.8 Å². The Kier molecular flexibility index (Phi) is 7.67. The molecule has 0 saturated heterocycles. The smallest absolute Gasteiger partial charge is 0.259 e. The van der Waals surface area contributed by atoms with E-state index >= 15 is 0 Å². The maximum Gasteiger partial charge on any atom is 0.259 e. The third-order valence-electron chi connectivity index (χ3n) is 5.22. The highest BCUT2D eigenvalue weighted by molar-refractivity contribution is 6.39. The normalized spacial score (nSPS) is 11.1. The number of halogens is 2. The van der Waals surface area contributed by atoms with E-state index in [9.17, 15) is 4.79 Å². The molecule has 0 unspecified atom stereocenters. The molecule has 34 heavy (non-hydrogen) atoms. The quantitative estimate of drug-likeness (QED) is 0.281. The Hall–Kier alpha value is -3.13. The number of hydrogen-bond acceptors (Lipinski definition) is 6. The Labute approximate surface area is 207 Å². The minimum atomic E-state index is -0.260. The number of ether oxygens (including phenoxy) is 1. The largest absolute Gasteiger partial charge is 0.380 e. The first kappa shape index (κ1) is 24.0. The van der Waals surface area contributed by atoms with Crippen molar-refractivity contribution in [1.82, 2.24) is 14.5 Å². The minimum absolute atomic E-state index is 0.260. The molecule has 176 valence electrons. The summed E-state index contributed by atoms with van der Waals surface area (Å²) in [5, 5.41) is 8.00. The van der Waals surface area contributed by atoms with Crippen LogP contribution in [0.2, 0.25) is 10.0 Å². The second kappa shape index (κ2) is 10.9. The number of para-hydroxylation sites is 1. The number of benzene rings is 2. The molecule has 0 aliphatic heterocycles. The molecule has 4 aromatic rings. The van der Waals surface area contributed by atoms with Gasteiger partial charge in [-0.1, -0.05) is 54.4 Å². The summed E-state index contributed by atoms with van der Waals surface area (Å²) in [4.78, 5) is 22.7. The number of anilines is 3. The van der Waals surface area contributed by atoms with Crippen LogP contribution in [0.1, 0.15) is 13.3 Å². The number of hydrogen-bond donors (Lipinski definition) is 2. The van der Waals surface area contributed by atoms with Crippen molar-refractivity contribution in [2.24, 2.45) is 7.05 Å². The first-order valence-electron chi connectivity index (χ1n) is 11.0. The number of pyridine rings is 1. The number of fused-ring (bicyclic) bond motifs is 1. The van der Waals surface area contributed by atoms with Crippen LogP contribution >= 0.6 is 23.2 Å². The SMILES string of the molecule is CCCOCCNc1nc(Nc2ccccc2)nc2c1cc(-c1c(Cl)cccc1Cl)c(=O)n2C. The van der Waals surface area contributed by atoms with Crippen molar-refractivity contribution < 1.29 is 4.74 Å². The second-order valence-corrected chi connectivity index (χ2v) is 8.50. The monoisotopic (exact) mass is 497 g/mol. The highest BCUT2D eigenvalue weighted by Gasteiger charge is 2.19. The molecule has 0 atom stereocenters. The number of nitrogens with one attached hydrogen (secondary N) is 2. The van der Waals surface area contributed by atoms with E-state index in [4.69, 9.17) is 32.9 Å². The molecule has 2 aromatic carbocycles. The molecule has 0 aliphatic carbocycles. The number of nitrogens with zero attached hydrogens (tertiary/aromatic N) is 3. The van der Waals surface area contributed by atoms with Crippen LogP contribution in [0.3, 0.4) is 0 Å². The maximum absolute atomic E-state index is 13.3. The van der Waals surface area contributed by atoms with Crippen LogP contribution in [0.5, 0.6) is 0 Å². The topological polar surface area (TPSA) is 81.1 Å². The lowest BCUT2D eigenvalue weighted by Crippen LogP contribution is -2.21. The fourth-order valence-corrected chi connectivity index (χ4v) is 4.19. The molecule has 0 fully saturated rings. The summed E-state index contributed by atoms with van der Waals surface area (Å²) in [6, 6.07) is 16.5. The standard InChI is InChI=1S/C25H25Cl2N5O2/c1-3-13-34-14-12-28-22-18-15-17(21-19(26)10-7-11-20(21)27)24(33)32(2)23(18)31-25(30-22)29-16-8-5-4-6-9-16/h4-11,15H,3,12-14H2,1-2H3,(H2,28,29,30,31). The molecule has 0 radical (unpaired) electrons. The summed E-state index contributed by atoms with van der Waals surface area (Å²) in [5.74, 6) is 0.942. The summed E-state index contributed by atoms with van der Waals surface area (Å²) < 4.78 is 7.09. The Morgan fingerprint density at radius 2 is 1.74 bits per heavy atom. The summed E-state index contributed by atoms with van der Waals surface area (Å²) in [6.07, 6.45) is 0.950. The van der Waals surface area contributed by atoms with Gasteiger partial charge in [-0.15, -0.1) is 0 Å². The summed E-state index contributed by atoms with van der Waals surface area (Å²) in [5.41, 5.74) is 1.91. The Morgan fingerprint density at radius 1 is 1.00 bits per heavy atom. The molecule has 4 rings (SSSR count). The third-order valence-corrected chi connectivity index (χ3v) is 5.85. The van der Waals surface area contributed by atoms with Gasteiger partial charge in [0.1, 0.15) is 11.5 Å². The van der Waals surface area contributed by atoms with Crippen molar-refractivity contribution in [3.05, 3.63) is 75.0 Å². The molecule has 0 amide bonds. The van der Waals surface area contributed by atoms with E-state index in [1.165, 1.54) is 4.57 Å². The average molecular weight is 498 g/mol. The average Bonchev–Trinajstić information content (AvgIpc) is 2.83. The van der Waals surface area contributed by atoms with Crippen molar-refractivity contribution in [2.75, 3.05) is 30.4 Å². The fourth-order valence-electron chi connectivity index (χ4n) is 3.59. The van der Waals surface area contributed by atoms with Crippen LogP contribution in [0.4, 0.5) is 17.5 Å². The van der Waals surface area contributed by atoms with E-state index in [1.54, 1.807) is 31.3 Å². The van der Waals surface area contributed by atoms with E-state index in [0.29, 0.717) is 63.7 Å². The molecule has 2 heterocycles. The zero-order chi connectivity index (χ0) is 24.1. The van der Waals surface area contributed by atoms with Gasteiger partial charge in [0.2, 0.25) is 5.95 Å². The Morgan fingerprint density at radius 3 is 2.44 bits per heavy atom. The molecule has 9 heteroatoms. The van der Waals surface area contributed by atoms with Gasteiger partial charge in [-0.05, 0) is 36.8 Å². The Bertz CT molecular complexity index is 1340. The van der Waals surface area contributed by atoms with Crippen molar-refractivity contribution in [3.8, 4) is 11.1 Å². The predicted octanol–water partition coefficient (Wildman–Crippen LogP) is 5.88. The van der Waals surface area contributed by atoms with Crippen LogP contribution in [-0.4, -0.2) is 34.3 Å². The maximum atomic E-state index is 13.3. The van der Waals surface area contributed by atoms with Gasteiger partial charge in [0.15, 0.2) is 0 Å². The zero-order valence-electron chi connectivity index (χ0n) is 18.9. The number of rotatable bonds is 9. The van der Waals surface area contributed by atoms with Crippen LogP contribution < -0.4 is 16.2 Å². The molecule has 0 saturated carbocycles. The van der Waals surface area contributed by atoms with Gasteiger partial charge >= 0.3 is 0 Å². The lowest BCUT2D eigenvalue weighted by molar-refractivity contribution is 0.144.